The summed E-state index contributed by atoms with van der Waals surface area (Å²) in [6.07, 6.45) is 24.5. The van der Waals surface area contributed by atoms with E-state index < -0.39 is 0 Å². The van der Waals surface area contributed by atoms with Crippen LogP contribution in [-0.2, 0) is 0 Å². The molecule has 0 spiro atoms. The van der Waals surface area contributed by atoms with E-state index in [-0.39, 0.29) is 0 Å². The third-order valence-corrected chi connectivity index (χ3v) is 5.40. The van der Waals surface area contributed by atoms with Crippen molar-refractivity contribution in [2.24, 2.45) is 0 Å². The second-order valence-corrected chi connectivity index (χ2v) is 7.77. The molecule has 0 N–H and O–H groups in total. The lowest BCUT2D eigenvalue weighted by atomic mass is 9.92. The van der Waals surface area contributed by atoms with E-state index in [4.69, 9.17) is 0 Å². The first-order valence-electron chi connectivity index (χ1n) is 11.3. The Labute approximate surface area is 158 Å². The number of rotatable bonds is 17. The summed E-state index contributed by atoms with van der Waals surface area (Å²) in [5, 5.41) is 0. The number of hydrogen-bond acceptors (Lipinski definition) is 1. The molecule has 0 aliphatic heterocycles. The molecule has 0 radical (unpaired) electrons. The Morgan fingerprint density at radius 1 is 0.640 bits per heavy atom. The van der Waals surface area contributed by atoms with Gasteiger partial charge in [-0.25, -0.2) is 0 Å². The Hall–Kier alpha value is -0.850. The van der Waals surface area contributed by atoms with Gasteiger partial charge in [-0.05, 0) is 25.0 Å². The first-order chi connectivity index (χ1) is 12.4. The van der Waals surface area contributed by atoms with Crippen LogP contribution in [0.15, 0.2) is 24.4 Å². The summed E-state index contributed by atoms with van der Waals surface area (Å²) in [7, 11) is 0. The number of pyridine rings is 1. The van der Waals surface area contributed by atoms with E-state index in [1.165, 1.54) is 108 Å². The van der Waals surface area contributed by atoms with Crippen LogP contribution in [0.2, 0.25) is 0 Å². The predicted molar refractivity (Wildman–Crippen MR) is 112 cm³/mol. The Bertz CT molecular complexity index is 373. The highest BCUT2D eigenvalue weighted by atomic mass is 14.7. The maximum absolute atomic E-state index is 4.58. The minimum atomic E-state index is 0.680. The lowest BCUT2D eigenvalue weighted by Gasteiger charge is -2.15. The average molecular weight is 346 g/mol. The summed E-state index contributed by atoms with van der Waals surface area (Å²) >= 11 is 0. The SMILES string of the molecule is CCCCCCCCCCCCCCCC(CCC)c1ccccn1. The van der Waals surface area contributed by atoms with Crippen LogP contribution >= 0.6 is 0 Å². The van der Waals surface area contributed by atoms with Crippen molar-refractivity contribution in [3.8, 4) is 0 Å². The molecule has 0 saturated carbocycles. The zero-order valence-corrected chi connectivity index (χ0v) is 17.1. The lowest BCUT2D eigenvalue weighted by molar-refractivity contribution is 0.497. The maximum atomic E-state index is 4.58. The van der Waals surface area contributed by atoms with E-state index in [9.17, 15) is 0 Å². The van der Waals surface area contributed by atoms with Gasteiger partial charge in [0, 0.05) is 17.8 Å². The van der Waals surface area contributed by atoms with Crippen molar-refractivity contribution in [1.82, 2.24) is 4.98 Å². The topological polar surface area (TPSA) is 12.9 Å². The fourth-order valence-corrected chi connectivity index (χ4v) is 3.81. The van der Waals surface area contributed by atoms with Gasteiger partial charge in [0.15, 0.2) is 0 Å². The molecule has 1 nitrogen and oxygen atoms in total. The third kappa shape index (κ3) is 12.2. The molecule has 1 aromatic rings. The van der Waals surface area contributed by atoms with Crippen LogP contribution in [0.1, 0.15) is 128 Å². The normalized spacial score (nSPS) is 12.4. The Morgan fingerprint density at radius 2 is 1.20 bits per heavy atom. The minimum absolute atomic E-state index is 0.680. The summed E-state index contributed by atoms with van der Waals surface area (Å²) in [5.41, 5.74) is 1.31. The molecule has 0 aromatic carbocycles. The lowest BCUT2D eigenvalue weighted by Crippen LogP contribution is -2.01. The molecule has 25 heavy (non-hydrogen) atoms. The summed E-state index contributed by atoms with van der Waals surface area (Å²) in [4.78, 5) is 4.58. The fraction of sp³-hybridized carbons (Fsp3) is 0.792. The monoisotopic (exact) mass is 345 g/mol. The highest BCUT2D eigenvalue weighted by molar-refractivity contribution is 5.09. The average Bonchev–Trinajstić information content (AvgIpc) is 2.65. The van der Waals surface area contributed by atoms with Gasteiger partial charge in [0.25, 0.3) is 0 Å². The van der Waals surface area contributed by atoms with Crippen molar-refractivity contribution >= 4 is 0 Å². The molecule has 1 aromatic heterocycles. The summed E-state index contributed by atoms with van der Waals surface area (Å²) < 4.78 is 0. The largest absolute Gasteiger partial charge is 0.261 e. The smallest absolute Gasteiger partial charge is 0.0434 e. The molecule has 1 heterocycles. The fourth-order valence-electron chi connectivity index (χ4n) is 3.81. The number of hydrogen-bond donors (Lipinski definition) is 0. The third-order valence-electron chi connectivity index (χ3n) is 5.40. The van der Waals surface area contributed by atoms with Gasteiger partial charge < -0.3 is 0 Å². The molecule has 0 fully saturated rings. The van der Waals surface area contributed by atoms with E-state index in [1.54, 1.807) is 0 Å². The number of aromatic nitrogens is 1. The van der Waals surface area contributed by atoms with Crippen molar-refractivity contribution in [3.05, 3.63) is 30.1 Å². The van der Waals surface area contributed by atoms with Gasteiger partial charge in [0.1, 0.15) is 0 Å². The van der Waals surface area contributed by atoms with Crippen LogP contribution in [0, 0.1) is 0 Å². The highest BCUT2D eigenvalue weighted by Crippen LogP contribution is 2.26. The first kappa shape index (κ1) is 22.2. The van der Waals surface area contributed by atoms with Crippen LogP contribution in [-0.4, -0.2) is 4.98 Å². The Balaban J connectivity index is 1.93. The minimum Gasteiger partial charge on any atom is -0.261 e. The molecule has 1 unspecified atom stereocenters. The van der Waals surface area contributed by atoms with Gasteiger partial charge in [0.2, 0.25) is 0 Å². The molecule has 0 aliphatic rings. The van der Waals surface area contributed by atoms with E-state index in [2.05, 4.69) is 31.0 Å². The second-order valence-electron chi connectivity index (χ2n) is 7.77. The number of nitrogens with zero attached hydrogens (tertiary/aromatic N) is 1. The standard InChI is InChI=1S/C24H43N/c1-3-5-6-7-8-9-10-11-12-13-14-15-16-20-23(19-4-2)24-21-17-18-22-25-24/h17-18,21-23H,3-16,19-20H2,1-2H3. The molecule has 1 rings (SSSR count). The predicted octanol–water partition coefficient (Wildman–Crippen LogP) is 8.45. The van der Waals surface area contributed by atoms with Crippen LogP contribution < -0.4 is 0 Å². The van der Waals surface area contributed by atoms with Gasteiger partial charge in [-0.1, -0.05) is 110 Å². The molecule has 1 heteroatoms. The summed E-state index contributed by atoms with van der Waals surface area (Å²) in [6, 6.07) is 6.37. The van der Waals surface area contributed by atoms with Crippen molar-refractivity contribution in [3.63, 3.8) is 0 Å². The maximum Gasteiger partial charge on any atom is 0.0434 e. The molecule has 0 bridgehead atoms. The van der Waals surface area contributed by atoms with E-state index in [1.807, 2.05) is 12.3 Å². The quantitative estimate of drug-likeness (QED) is 0.258. The molecule has 1 atom stereocenters. The molecular weight excluding hydrogens is 302 g/mol. The van der Waals surface area contributed by atoms with Gasteiger partial charge in [-0.15, -0.1) is 0 Å². The van der Waals surface area contributed by atoms with Crippen molar-refractivity contribution in [2.45, 2.75) is 122 Å². The zero-order chi connectivity index (χ0) is 18.0. The van der Waals surface area contributed by atoms with Gasteiger partial charge in [0.05, 0.1) is 0 Å². The van der Waals surface area contributed by atoms with Crippen LogP contribution in [0.4, 0.5) is 0 Å². The molecule has 0 amide bonds. The van der Waals surface area contributed by atoms with Gasteiger partial charge >= 0.3 is 0 Å². The summed E-state index contributed by atoms with van der Waals surface area (Å²) in [6.45, 7) is 4.59. The molecular formula is C24H43N. The number of unbranched alkanes of at least 4 members (excludes halogenated alkanes) is 12. The molecule has 144 valence electrons. The second kappa shape index (κ2) is 16.6. The molecule has 0 saturated heterocycles. The summed E-state index contributed by atoms with van der Waals surface area (Å²) in [5.74, 6) is 0.680. The van der Waals surface area contributed by atoms with Gasteiger partial charge in [-0.3, -0.25) is 4.98 Å². The van der Waals surface area contributed by atoms with Crippen LogP contribution in [0.25, 0.3) is 0 Å². The molecule has 0 aliphatic carbocycles. The van der Waals surface area contributed by atoms with Crippen molar-refractivity contribution in [1.29, 1.82) is 0 Å². The van der Waals surface area contributed by atoms with E-state index in [0.29, 0.717) is 5.92 Å². The van der Waals surface area contributed by atoms with Crippen molar-refractivity contribution < 1.29 is 0 Å². The van der Waals surface area contributed by atoms with Crippen LogP contribution in [0.3, 0.4) is 0 Å². The van der Waals surface area contributed by atoms with E-state index in [0.717, 1.165) is 0 Å². The van der Waals surface area contributed by atoms with Crippen molar-refractivity contribution in [2.75, 3.05) is 0 Å². The van der Waals surface area contributed by atoms with E-state index >= 15 is 0 Å². The highest BCUT2D eigenvalue weighted by Gasteiger charge is 2.11. The Morgan fingerprint density at radius 3 is 1.68 bits per heavy atom. The Kier molecular flexibility index (Phi) is 14.7. The first-order valence-corrected chi connectivity index (χ1v) is 11.3. The van der Waals surface area contributed by atoms with Crippen LogP contribution in [0.5, 0.6) is 0 Å². The van der Waals surface area contributed by atoms with Gasteiger partial charge in [-0.2, -0.15) is 0 Å². The zero-order valence-electron chi connectivity index (χ0n) is 17.1.